The van der Waals surface area contributed by atoms with Gasteiger partial charge in [0.25, 0.3) is 5.91 Å². The van der Waals surface area contributed by atoms with E-state index in [0.29, 0.717) is 34.7 Å². The van der Waals surface area contributed by atoms with Crippen LogP contribution < -0.4 is 20.3 Å². The Hall–Kier alpha value is -1.89. The maximum atomic E-state index is 12.1. The quantitative estimate of drug-likeness (QED) is 0.527. The summed E-state index contributed by atoms with van der Waals surface area (Å²) in [4.78, 5) is 23.7. The Balaban J connectivity index is 2.59. The number of hydrogen-bond acceptors (Lipinski definition) is 5. The molecule has 1 aromatic rings. The molecule has 0 radical (unpaired) electrons. The molecule has 0 aliphatic carbocycles. The monoisotopic (exact) mass is 354 g/mol. The molecule has 0 aliphatic rings. The van der Waals surface area contributed by atoms with Gasteiger partial charge in [0.1, 0.15) is 0 Å². The fraction of sp³-hybridized carbons (Fsp3) is 0.529. The number of benzene rings is 1. The molecule has 0 saturated heterocycles. The highest BCUT2D eigenvalue weighted by atomic mass is 32.2. The predicted octanol–water partition coefficient (Wildman–Crippen LogP) is 2.78. The smallest absolute Gasteiger partial charge is 0.269 e. The fourth-order valence-electron chi connectivity index (χ4n) is 1.73. The molecule has 0 unspecified atom stereocenters. The first-order valence-corrected chi connectivity index (χ1v) is 9.04. The number of nitrogens with one attached hydrogen (secondary N) is 2. The zero-order chi connectivity index (χ0) is 17.9. The SMILES string of the molecule is CCCCOc1ccc(C(=O)NNC(=O)CSC(C)C)cc1OC. The molecule has 0 saturated carbocycles. The van der Waals surface area contributed by atoms with E-state index in [1.54, 1.807) is 18.2 Å². The minimum atomic E-state index is -0.406. The molecule has 7 heteroatoms. The highest BCUT2D eigenvalue weighted by molar-refractivity contribution is 8.00. The van der Waals surface area contributed by atoms with Gasteiger partial charge in [-0.15, -0.1) is 11.8 Å². The number of methoxy groups -OCH3 is 1. The number of carbonyl (C=O) groups excluding carboxylic acids is 2. The van der Waals surface area contributed by atoms with Crippen LogP contribution in [-0.2, 0) is 4.79 Å². The van der Waals surface area contributed by atoms with Gasteiger partial charge in [0.2, 0.25) is 5.91 Å². The van der Waals surface area contributed by atoms with E-state index in [4.69, 9.17) is 9.47 Å². The maximum Gasteiger partial charge on any atom is 0.269 e. The summed E-state index contributed by atoms with van der Waals surface area (Å²) in [5.74, 6) is 0.732. The summed E-state index contributed by atoms with van der Waals surface area (Å²) in [7, 11) is 1.52. The van der Waals surface area contributed by atoms with E-state index >= 15 is 0 Å². The lowest BCUT2D eigenvalue weighted by molar-refractivity contribution is -0.119. The van der Waals surface area contributed by atoms with Crippen LogP contribution in [0, 0.1) is 0 Å². The van der Waals surface area contributed by atoms with Crippen LogP contribution in [0.25, 0.3) is 0 Å². The van der Waals surface area contributed by atoms with Crippen molar-refractivity contribution in [3.8, 4) is 11.5 Å². The van der Waals surface area contributed by atoms with Crippen molar-refractivity contribution in [2.45, 2.75) is 38.9 Å². The summed E-state index contributed by atoms with van der Waals surface area (Å²) >= 11 is 1.50. The Bertz CT molecular complexity index is 549. The summed E-state index contributed by atoms with van der Waals surface area (Å²) in [5, 5.41) is 0.357. The van der Waals surface area contributed by atoms with Gasteiger partial charge in [-0.2, -0.15) is 0 Å². The Kier molecular flexibility index (Phi) is 9.07. The molecule has 1 aromatic carbocycles. The minimum absolute atomic E-state index is 0.242. The third-order valence-corrected chi connectivity index (χ3v) is 4.14. The normalized spacial score (nSPS) is 10.4. The van der Waals surface area contributed by atoms with Crippen LogP contribution in [-0.4, -0.2) is 36.5 Å². The van der Waals surface area contributed by atoms with Gasteiger partial charge in [0, 0.05) is 5.56 Å². The third kappa shape index (κ3) is 7.12. The Labute approximate surface area is 147 Å². The second-order valence-corrected chi connectivity index (χ2v) is 6.99. The molecule has 0 fully saturated rings. The van der Waals surface area contributed by atoms with E-state index in [1.165, 1.54) is 18.9 Å². The molecule has 24 heavy (non-hydrogen) atoms. The summed E-state index contributed by atoms with van der Waals surface area (Å²) in [5.41, 5.74) is 5.18. The second-order valence-electron chi connectivity index (χ2n) is 5.43. The molecule has 0 bridgehead atoms. The van der Waals surface area contributed by atoms with Crippen LogP contribution in [0.2, 0.25) is 0 Å². The summed E-state index contributed by atoms with van der Waals surface area (Å²) in [6.07, 6.45) is 1.99. The van der Waals surface area contributed by atoms with Gasteiger partial charge < -0.3 is 9.47 Å². The van der Waals surface area contributed by atoms with Crippen LogP contribution in [0.4, 0.5) is 0 Å². The first kappa shape index (κ1) is 20.2. The molecular formula is C17H26N2O4S. The number of amides is 2. The first-order chi connectivity index (χ1) is 11.5. The van der Waals surface area contributed by atoms with Gasteiger partial charge in [0.15, 0.2) is 11.5 Å². The van der Waals surface area contributed by atoms with E-state index < -0.39 is 5.91 Å². The van der Waals surface area contributed by atoms with Crippen LogP contribution in [0.1, 0.15) is 44.0 Å². The van der Waals surface area contributed by atoms with E-state index in [9.17, 15) is 9.59 Å². The van der Waals surface area contributed by atoms with E-state index in [0.717, 1.165) is 12.8 Å². The number of unbranched alkanes of at least 4 members (excludes halogenated alkanes) is 1. The lowest BCUT2D eigenvalue weighted by Gasteiger charge is -2.12. The molecule has 0 heterocycles. The second kappa shape index (κ2) is 10.8. The number of hydrazine groups is 1. The molecule has 0 aromatic heterocycles. The van der Waals surface area contributed by atoms with Crippen molar-refractivity contribution in [2.75, 3.05) is 19.5 Å². The minimum Gasteiger partial charge on any atom is -0.493 e. The lowest BCUT2D eigenvalue weighted by Crippen LogP contribution is -2.42. The largest absolute Gasteiger partial charge is 0.493 e. The molecule has 6 nitrogen and oxygen atoms in total. The van der Waals surface area contributed by atoms with Crippen molar-refractivity contribution >= 4 is 23.6 Å². The molecule has 2 amide bonds. The number of ether oxygens (including phenoxy) is 2. The van der Waals surface area contributed by atoms with E-state index in [1.807, 2.05) is 13.8 Å². The van der Waals surface area contributed by atoms with Crippen molar-refractivity contribution in [1.82, 2.24) is 10.9 Å². The topological polar surface area (TPSA) is 76.7 Å². The standard InChI is InChI=1S/C17H26N2O4S/c1-5-6-9-23-14-8-7-13(10-15(14)22-4)17(21)19-18-16(20)11-24-12(2)3/h7-8,10,12H,5-6,9,11H2,1-4H3,(H,18,20)(H,19,21). The predicted molar refractivity (Wildman–Crippen MR) is 96.6 cm³/mol. The Morgan fingerprint density at radius 1 is 1.21 bits per heavy atom. The fourth-order valence-corrected chi connectivity index (χ4v) is 2.29. The number of hydrogen-bond donors (Lipinski definition) is 2. The highest BCUT2D eigenvalue weighted by Gasteiger charge is 2.12. The van der Waals surface area contributed by atoms with Gasteiger partial charge in [-0.3, -0.25) is 20.4 Å². The van der Waals surface area contributed by atoms with Crippen molar-refractivity contribution in [1.29, 1.82) is 0 Å². The average Bonchev–Trinajstić information content (AvgIpc) is 2.58. The molecule has 2 N–H and O–H groups in total. The summed E-state index contributed by atoms with van der Waals surface area (Å²) in [6.45, 7) is 6.70. The lowest BCUT2D eigenvalue weighted by atomic mass is 10.2. The molecule has 134 valence electrons. The maximum absolute atomic E-state index is 12.1. The van der Waals surface area contributed by atoms with Crippen LogP contribution in [0.3, 0.4) is 0 Å². The Morgan fingerprint density at radius 2 is 1.96 bits per heavy atom. The van der Waals surface area contributed by atoms with Gasteiger partial charge in [-0.05, 0) is 29.9 Å². The van der Waals surface area contributed by atoms with Crippen LogP contribution in [0.15, 0.2) is 18.2 Å². The van der Waals surface area contributed by atoms with E-state index in [2.05, 4.69) is 17.8 Å². The summed E-state index contributed by atoms with van der Waals surface area (Å²) in [6, 6.07) is 4.92. The third-order valence-electron chi connectivity index (χ3n) is 3.04. The zero-order valence-electron chi connectivity index (χ0n) is 14.7. The molecule has 1 rings (SSSR count). The number of carbonyl (C=O) groups is 2. The van der Waals surface area contributed by atoms with Crippen molar-refractivity contribution in [2.24, 2.45) is 0 Å². The number of thioether (sulfide) groups is 1. The molecular weight excluding hydrogens is 328 g/mol. The summed E-state index contributed by atoms with van der Waals surface area (Å²) < 4.78 is 10.9. The van der Waals surface area contributed by atoms with Crippen LogP contribution in [0.5, 0.6) is 11.5 Å². The average molecular weight is 354 g/mol. The van der Waals surface area contributed by atoms with Gasteiger partial charge >= 0.3 is 0 Å². The van der Waals surface area contributed by atoms with E-state index in [-0.39, 0.29) is 5.91 Å². The van der Waals surface area contributed by atoms with Crippen molar-refractivity contribution < 1.29 is 19.1 Å². The number of rotatable bonds is 9. The highest BCUT2D eigenvalue weighted by Crippen LogP contribution is 2.28. The van der Waals surface area contributed by atoms with Gasteiger partial charge in [-0.25, -0.2) is 0 Å². The van der Waals surface area contributed by atoms with Crippen molar-refractivity contribution in [3.63, 3.8) is 0 Å². The van der Waals surface area contributed by atoms with Crippen molar-refractivity contribution in [3.05, 3.63) is 23.8 Å². The zero-order valence-corrected chi connectivity index (χ0v) is 15.5. The Morgan fingerprint density at radius 3 is 2.58 bits per heavy atom. The molecule has 0 atom stereocenters. The van der Waals surface area contributed by atoms with Gasteiger partial charge in [-0.1, -0.05) is 27.2 Å². The molecule has 0 spiro atoms. The molecule has 0 aliphatic heterocycles. The van der Waals surface area contributed by atoms with Gasteiger partial charge in [0.05, 0.1) is 19.5 Å². The first-order valence-electron chi connectivity index (χ1n) is 7.99. The van der Waals surface area contributed by atoms with Crippen LogP contribution >= 0.6 is 11.8 Å².